The van der Waals surface area contributed by atoms with E-state index >= 15 is 0 Å². The first-order chi connectivity index (χ1) is 9.63. The van der Waals surface area contributed by atoms with E-state index in [1.807, 2.05) is 24.3 Å². The van der Waals surface area contributed by atoms with Crippen molar-refractivity contribution in [2.75, 3.05) is 32.6 Å². The number of amides is 1. The summed E-state index contributed by atoms with van der Waals surface area (Å²) in [5, 5.41) is 3.11. The van der Waals surface area contributed by atoms with Crippen LogP contribution < -0.4 is 10.1 Å². The normalized spacial score (nSPS) is 10.2. The van der Waals surface area contributed by atoms with Crippen molar-refractivity contribution in [3.63, 3.8) is 0 Å². The molecule has 4 nitrogen and oxygen atoms in total. The van der Waals surface area contributed by atoms with Crippen LogP contribution in [0, 0.1) is 0 Å². The fourth-order valence-electron chi connectivity index (χ4n) is 1.75. The number of anilines is 1. The smallest absolute Gasteiger partial charge is 0.241 e. The van der Waals surface area contributed by atoms with E-state index in [1.54, 1.807) is 19.0 Å². The van der Waals surface area contributed by atoms with E-state index in [1.165, 1.54) is 19.3 Å². The molecule has 0 heterocycles. The highest BCUT2D eigenvalue weighted by molar-refractivity contribution is 5.80. The van der Waals surface area contributed by atoms with Crippen LogP contribution in [0.2, 0.25) is 0 Å². The molecule has 0 aromatic heterocycles. The summed E-state index contributed by atoms with van der Waals surface area (Å²) in [4.78, 5) is 13.1. The molecule has 0 spiro atoms. The number of nitrogens with zero attached hydrogens (tertiary/aromatic N) is 1. The monoisotopic (exact) mass is 278 g/mol. The van der Waals surface area contributed by atoms with Crippen LogP contribution in [0.15, 0.2) is 24.3 Å². The maximum absolute atomic E-state index is 11.5. The van der Waals surface area contributed by atoms with Crippen LogP contribution in [0.4, 0.5) is 5.69 Å². The summed E-state index contributed by atoms with van der Waals surface area (Å²) in [6, 6.07) is 7.75. The minimum Gasteiger partial charge on any atom is -0.494 e. The van der Waals surface area contributed by atoms with Crippen molar-refractivity contribution in [1.82, 2.24) is 4.90 Å². The molecule has 1 aromatic carbocycles. The number of benzene rings is 1. The fraction of sp³-hybridized carbons (Fsp3) is 0.562. The molecular weight excluding hydrogens is 252 g/mol. The van der Waals surface area contributed by atoms with Crippen LogP contribution in [0.5, 0.6) is 5.75 Å². The van der Waals surface area contributed by atoms with E-state index in [2.05, 4.69) is 12.2 Å². The number of rotatable bonds is 9. The molecule has 1 rings (SSSR count). The first kappa shape index (κ1) is 16.3. The molecule has 112 valence electrons. The van der Waals surface area contributed by atoms with Crippen molar-refractivity contribution >= 4 is 11.6 Å². The summed E-state index contributed by atoms with van der Waals surface area (Å²) >= 11 is 0. The molecule has 4 heteroatoms. The average Bonchev–Trinajstić information content (AvgIpc) is 2.45. The summed E-state index contributed by atoms with van der Waals surface area (Å²) in [6.07, 6.45) is 4.80. The first-order valence-corrected chi connectivity index (χ1v) is 7.30. The molecule has 0 saturated carbocycles. The molecule has 0 bridgehead atoms. The van der Waals surface area contributed by atoms with Crippen molar-refractivity contribution in [2.24, 2.45) is 0 Å². The molecule has 0 radical (unpaired) electrons. The number of unbranched alkanes of at least 4 members (excludes halogenated alkanes) is 3. The fourth-order valence-corrected chi connectivity index (χ4v) is 1.75. The lowest BCUT2D eigenvalue weighted by molar-refractivity contribution is -0.126. The molecule has 0 unspecified atom stereocenters. The van der Waals surface area contributed by atoms with Crippen LogP contribution in [0.3, 0.4) is 0 Å². The second-order valence-corrected chi connectivity index (χ2v) is 5.08. The molecule has 20 heavy (non-hydrogen) atoms. The molecular formula is C16H26N2O2. The Morgan fingerprint density at radius 3 is 2.75 bits per heavy atom. The number of hydrogen-bond acceptors (Lipinski definition) is 3. The van der Waals surface area contributed by atoms with Gasteiger partial charge in [-0.3, -0.25) is 4.79 Å². The SMILES string of the molecule is CCCCCCOc1cccc(NCC(=O)N(C)C)c1. The topological polar surface area (TPSA) is 41.6 Å². The largest absolute Gasteiger partial charge is 0.494 e. The number of carbonyl (C=O) groups is 1. The number of hydrogen-bond donors (Lipinski definition) is 1. The molecule has 0 fully saturated rings. The van der Waals surface area contributed by atoms with Gasteiger partial charge in [-0.1, -0.05) is 32.3 Å². The van der Waals surface area contributed by atoms with Crippen molar-refractivity contribution in [3.05, 3.63) is 24.3 Å². The molecule has 0 aliphatic heterocycles. The lowest BCUT2D eigenvalue weighted by atomic mass is 10.2. The van der Waals surface area contributed by atoms with Gasteiger partial charge in [0.15, 0.2) is 0 Å². The lowest BCUT2D eigenvalue weighted by Crippen LogP contribution is -2.28. The summed E-state index contributed by atoms with van der Waals surface area (Å²) in [5.74, 6) is 0.902. The Morgan fingerprint density at radius 1 is 1.25 bits per heavy atom. The predicted molar refractivity (Wildman–Crippen MR) is 83.3 cm³/mol. The van der Waals surface area contributed by atoms with Gasteiger partial charge < -0.3 is 15.0 Å². The zero-order valence-electron chi connectivity index (χ0n) is 12.8. The van der Waals surface area contributed by atoms with E-state index in [0.29, 0.717) is 6.54 Å². The van der Waals surface area contributed by atoms with Gasteiger partial charge in [-0.25, -0.2) is 0 Å². The minimum absolute atomic E-state index is 0.0517. The van der Waals surface area contributed by atoms with Gasteiger partial charge in [-0.05, 0) is 18.6 Å². The van der Waals surface area contributed by atoms with Gasteiger partial charge in [0.1, 0.15) is 5.75 Å². The van der Waals surface area contributed by atoms with Gasteiger partial charge in [0.2, 0.25) is 5.91 Å². The average molecular weight is 278 g/mol. The highest BCUT2D eigenvalue weighted by Crippen LogP contribution is 2.17. The van der Waals surface area contributed by atoms with Crippen molar-refractivity contribution in [2.45, 2.75) is 32.6 Å². The third kappa shape index (κ3) is 6.45. The molecule has 1 aromatic rings. The first-order valence-electron chi connectivity index (χ1n) is 7.30. The van der Waals surface area contributed by atoms with Gasteiger partial charge in [0, 0.05) is 25.8 Å². The molecule has 0 aliphatic carbocycles. The second kappa shape index (κ2) is 9.23. The zero-order valence-corrected chi connectivity index (χ0v) is 12.8. The Hall–Kier alpha value is -1.71. The van der Waals surface area contributed by atoms with Crippen LogP contribution >= 0.6 is 0 Å². The Kier molecular flexibility index (Phi) is 7.55. The van der Waals surface area contributed by atoms with Gasteiger partial charge in [0.05, 0.1) is 13.2 Å². The molecule has 1 N–H and O–H groups in total. The molecule has 0 saturated heterocycles. The van der Waals surface area contributed by atoms with Crippen LogP contribution in [-0.2, 0) is 4.79 Å². The number of ether oxygens (including phenoxy) is 1. The van der Waals surface area contributed by atoms with E-state index in [0.717, 1.165) is 24.5 Å². The Morgan fingerprint density at radius 2 is 2.05 bits per heavy atom. The highest BCUT2D eigenvalue weighted by atomic mass is 16.5. The van der Waals surface area contributed by atoms with Gasteiger partial charge >= 0.3 is 0 Å². The molecule has 0 aliphatic rings. The third-order valence-corrected chi connectivity index (χ3v) is 3.04. The second-order valence-electron chi connectivity index (χ2n) is 5.08. The number of nitrogens with one attached hydrogen (secondary N) is 1. The lowest BCUT2D eigenvalue weighted by Gasteiger charge is -2.12. The van der Waals surface area contributed by atoms with Gasteiger partial charge in [-0.2, -0.15) is 0 Å². The number of likely N-dealkylation sites (N-methyl/N-ethyl adjacent to an activating group) is 1. The standard InChI is InChI=1S/C16H26N2O2/c1-4-5-6-7-11-20-15-10-8-9-14(12-15)17-13-16(19)18(2)3/h8-10,12,17H,4-7,11,13H2,1-3H3. The highest BCUT2D eigenvalue weighted by Gasteiger charge is 2.03. The quantitative estimate of drug-likeness (QED) is 0.706. The van der Waals surface area contributed by atoms with Crippen LogP contribution in [0.25, 0.3) is 0 Å². The van der Waals surface area contributed by atoms with E-state index in [4.69, 9.17) is 4.74 Å². The third-order valence-electron chi connectivity index (χ3n) is 3.04. The van der Waals surface area contributed by atoms with Crippen molar-refractivity contribution in [3.8, 4) is 5.75 Å². The molecule has 0 atom stereocenters. The minimum atomic E-state index is 0.0517. The Bertz CT molecular complexity index is 405. The van der Waals surface area contributed by atoms with Crippen LogP contribution in [-0.4, -0.2) is 38.1 Å². The van der Waals surface area contributed by atoms with Crippen molar-refractivity contribution in [1.29, 1.82) is 0 Å². The van der Waals surface area contributed by atoms with Crippen molar-refractivity contribution < 1.29 is 9.53 Å². The predicted octanol–water partition coefficient (Wildman–Crippen LogP) is 3.15. The van der Waals surface area contributed by atoms with Crippen LogP contribution in [0.1, 0.15) is 32.6 Å². The Labute approximate surface area is 122 Å². The summed E-state index contributed by atoms with van der Waals surface area (Å²) in [7, 11) is 3.50. The maximum Gasteiger partial charge on any atom is 0.241 e. The molecule has 1 amide bonds. The van der Waals surface area contributed by atoms with Gasteiger partial charge in [-0.15, -0.1) is 0 Å². The Balaban J connectivity index is 2.35. The maximum atomic E-state index is 11.5. The zero-order chi connectivity index (χ0) is 14.8. The van der Waals surface area contributed by atoms with E-state index < -0.39 is 0 Å². The summed E-state index contributed by atoms with van der Waals surface area (Å²) in [5.41, 5.74) is 0.909. The summed E-state index contributed by atoms with van der Waals surface area (Å²) < 4.78 is 5.71. The van der Waals surface area contributed by atoms with E-state index in [9.17, 15) is 4.79 Å². The van der Waals surface area contributed by atoms with Gasteiger partial charge in [0.25, 0.3) is 0 Å². The van der Waals surface area contributed by atoms with E-state index in [-0.39, 0.29) is 5.91 Å². The number of carbonyl (C=O) groups excluding carboxylic acids is 1. The summed E-state index contributed by atoms with van der Waals surface area (Å²) in [6.45, 7) is 3.25.